The summed E-state index contributed by atoms with van der Waals surface area (Å²) in [7, 11) is 1.42. The predicted molar refractivity (Wildman–Crippen MR) is 104 cm³/mol. The van der Waals surface area contributed by atoms with Gasteiger partial charge >= 0.3 is 5.97 Å². The molecule has 2 unspecified atom stereocenters. The number of anilines is 1. The molecule has 0 saturated carbocycles. The van der Waals surface area contributed by atoms with Gasteiger partial charge in [-0.15, -0.1) is 0 Å². The summed E-state index contributed by atoms with van der Waals surface area (Å²) in [5.41, 5.74) is 3.03. The zero-order valence-electron chi connectivity index (χ0n) is 17.0. The van der Waals surface area contributed by atoms with Crippen LogP contribution in [0.3, 0.4) is 0 Å². The number of methoxy groups -OCH3 is 1. The standard InChI is InChI=1S/C21H32N2O3.BrH/c1-5-6-13-23(15-19(24)26-4)14-8-7-12-18(23)21(25)22-20-16(2)10-9-11-17(20)3;/h9-11,18H,5-8,12-15H2,1-4H3;1H. The normalized spacial score (nSPS) is 21.9. The van der Waals surface area contributed by atoms with Crippen molar-refractivity contribution >= 4 is 17.6 Å². The second-order valence-electron chi connectivity index (χ2n) is 7.52. The number of unbranched alkanes of at least 4 members (excludes halogenated alkanes) is 1. The summed E-state index contributed by atoms with van der Waals surface area (Å²) < 4.78 is 5.48. The van der Waals surface area contributed by atoms with E-state index in [2.05, 4.69) is 12.2 Å². The van der Waals surface area contributed by atoms with Gasteiger partial charge in [0.15, 0.2) is 12.6 Å². The molecule has 27 heavy (non-hydrogen) atoms. The Kier molecular flexibility index (Phi) is 9.47. The van der Waals surface area contributed by atoms with Crippen molar-refractivity contribution in [3.8, 4) is 0 Å². The molecule has 1 aromatic carbocycles. The van der Waals surface area contributed by atoms with Crippen molar-refractivity contribution in [2.45, 2.75) is 58.9 Å². The zero-order chi connectivity index (χ0) is 19.2. The lowest BCUT2D eigenvalue weighted by molar-refractivity contribution is -0.940. The molecule has 1 N–H and O–H groups in total. The van der Waals surface area contributed by atoms with E-state index in [4.69, 9.17) is 4.74 Å². The molecule has 1 amide bonds. The topological polar surface area (TPSA) is 55.4 Å². The molecule has 0 spiro atoms. The first kappa shape index (κ1) is 23.6. The van der Waals surface area contributed by atoms with Crippen molar-refractivity contribution in [1.29, 1.82) is 0 Å². The third kappa shape index (κ3) is 5.79. The Balaban J connectivity index is 0.00000364. The fourth-order valence-electron chi connectivity index (χ4n) is 4.12. The molecule has 1 aliphatic rings. The number of benzene rings is 1. The lowest BCUT2D eigenvalue weighted by atomic mass is 9.95. The fraction of sp³-hybridized carbons (Fsp3) is 0.619. The number of para-hydroxylation sites is 1. The maximum Gasteiger partial charge on any atom is 0.361 e. The average Bonchev–Trinajstić information content (AvgIpc) is 2.63. The molecule has 1 aromatic rings. The van der Waals surface area contributed by atoms with Crippen LogP contribution in [0.15, 0.2) is 18.2 Å². The number of carbonyl (C=O) groups is 2. The number of hydrogen-bond acceptors (Lipinski definition) is 3. The van der Waals surface area contributed by atoms with Crippen molar-refractivity contribution < 1.29 is 35.8 Å². The second kappa shape index (κ2) is 10.8. The summed E-state index contributed by atoms with van der Waals surface area (Å²) >= 11 is 0. The van der Waals surface area contributed by atoms with Crippen molar-refractivity contribution in [3.05, 3.63) is 29.3 Å². The van der Waals surface area contributed by atoms with E-state index in [0.29, 0.717) is 4.48 Å². The van der Waals surface area contributed by atoms with E-state index in [1.807, 2.05) is 32.0 Å². The molecule has 1 heterocycles. The van der Waals surface area contributed by atoms with E-state index in [0.717, 1.165) is 62.0 Å². The van der Waals surface area contributed by atoms with Gasteiger partial charge in [-0.25, -0.2) is 4.79 Å². The summed E-state index contributed by atoms with van der Waals surface area (Å²) in [6.07, 6.45) is 4.94. The molecule has 0 bridgehead atoms. The fourth-order valence-corrected chi connectivity index (χ4v) is 4.12. The van der Waals surface area contributed by atoms with E-state index in [9.17, 15) is 9.59 Å². The van der Waals surface area contributed by atoms with Crippen LogP contribution in [0.5, 0.6) is 0 Å². The minimum atomic E-state index is -0.229. The molecule has 152 valence electrons. The van der Waals surface area contributed by atoms with Gasteiger partial charge in [-0.05, 0) is 44.2 Å². The SMILES string of the molecule is CCCC[N+]1(CC(=O)OC)CCCCC1C(=O)Nc1c(C)cccc1C.[Br-]. The highest BCUT2D eigenvalue weighted by atomic mass is 79.9. The van der Waals surface area contributed by atoms with E-state index in [1.54, 1.807) is 0 Å². The van der Waals surface area contributed by atoms with Gasteiger partial charge in [0, 0.05) is 12.1 Å². The lowest BCUT2D eigenvalue weighted by Gasteiger charge is -2.46. The number of likely N-dealkylation sites (tertiary alicyclic amines) is 1. The van der Waals surface area contributed by atoms with Crippen LogP contribution < -0.4 is 22.3 Å². The number of quaternary nitrogens is 1. The molecule has 1 saturated heterocycles. The smallest absolute Gasteiger partial charge is 0.361 e. The first-order valence-electron chi connectivity index (χ1n) is 9.73. The molecule has 6 heteroatoms. The summed E-state index contributed by atoms with van der Waals surface area (Å²) in [5, 5.41) is 3.16. The largest absolute Gasteiger partial charge is 1.00 e. The number of carbonyl (C=O) groups excluding carboxylic acids is 2. The number of halogens is 1. The van der Waals surface area contributed by atoms with Crippen LogP contribution >= 0.6 is 0 Å². The molecular weight excluding hydrogens is 408 g/mol. The minimum Gasteiger partial charge on any atom is -1.00 e. The number of nitrogens with zero attached hydrogens (tertiary/aromatic N) is 1. The number of esters is 1. The molecule has 1 fully saturated rings. The lowest BCUT2D eigenvalue weighted by Crippen LogP contribution is -3.00. The highest BCUT2D eigenvalue weighted by Gasteiger charge is 2.45. The summed E-state index contributed by atoms with van der Waals surface area (Å²) in [4.78, 5) is 25.4. The molecule has 0 radical (unpaired) electrons. The third-order valence-electron chi connectivity index (χ3n) is 5.65. The second-order valence-corrected chi connectivity index (χ2v) is 7.52. The Morgan fingerprint density at radius 3 is 2.48 bits per heavy atom. The van der Waals surface area contributed by atoms with Crippen LogP contribution in [0.4, 0.5) is 5.69 Å². The Bertz CT molecular complexity index is 630. The van der Waals surface area contributed by atoms with Crippen LogP contribution in [0.2, 0.25) is 0 Å². The van der Waals surface area contributed by atoms with Gasteiger partial charge in [0.2, 0.25) is 0 Å². The number of ether oxygens (including phenoxy) is 1. The Labute approximate surface area is 173 Å². The van der Waals surface area contributed by atoms with Gasteiger partial charge < -0.3 is 31.5 Å². The maximum absolute atomic E-state index is 13.2. The van der Waals surface area contributed by atoms with E-state index >= 15 is 0 Å². The van der Waals surface area contributed by atoms with Crippen molar-refractivity contribution in [1.82, 2.24) is 0 Å². The van der Waals surface area contributed by atoms with Crippen LogP contribution in [0.25, 0.3) is 0 Å². The zero-order valence-corrected chi connectivity index (χ0v) is 18.6. The van der Waals surface area contributed by atoms with Crippen molar-refractivity contribution in [3.63, 3.8) is 0 Å². The third-order valence-corrected chi connectivity index (χ3v) is 5.65. The predicted octanol–water partition coefficient (Wildman–Crippen LogP) is 0.588. The van der Waals surface area contributed by atoms with Gasteiger partial charge in [-0.3, -0.25) is 4.79 Å². The summed E-state index contributed by atoms with van der Waals surface area (Å²) in [6.45, 7) is 8.15. The van der Waals surface area contributed by atoms with Crippen molar-refractivity contribution in [2.24, 2.45) is 0 Å². The molecule has 0 aliphatic carbocycles. The first-order valence-corrected chi connectivity index (χ1v) is 9.73. The highest BCUT2D eigenvalue weighted by Crippen LogP contribution is 2.29. The summed E-state index contributed by atoms with van der Waals surface area (Å²) in [6, 6.07) is 5.82. The minimum absolute atomic E-state index is 0. The van der Waals surface area contributed by atoms with Gasteiger partial charge in [0.1, 0.15) is 0 Å². The Hall–Kier alpha value is -1.40. The van der Waals surface area contributed by atoms with Crippen molar-refractivity contribution in [2.75, 3.05) is 32.1 Å². The van der Waals surface area contributed by atoms with E-state index in [-0.39, 0.29) is 41.4 Å². The number of hydrogen-bond donors (Lipinski definition) is 1. The molecule has 2 atom stereocenters. The van der Waals surface area contributed by atoms with Crippen LogP contribution in [0.1, 0.15) is 50.2 Å². The first-order chi connectivity index (χ1) is 12.4. The van der Waals surface area contributed by atoms with E-state index in [1.165, 1.54) is 7.11 Å². The molecule has 2 rings (SSSR count). The molecule has 5 nitrogen and oxygen atoms in total. The quantitative estimate of drug-likeness (QED) is 0.498. The average molecular weight is 441 g/mol. The van der Waals surface area contributed by atoms with Crippen LogP contribution in [0, 0.1) is 13.8 Å². The number of nitrogens with one attached hydrogen (secondary N) is 1. The van der Waals surface area contributed by atoms with Gasteiger partial charge in [-0.1, -0.05) is 31.5 Å². The van der Waals surface area contributed by atoms with Gasteiger partial charge in [-0.2, -0.15) is 0 Å². The molecule has 0 aromatic heterocycles. The van der Waals surface area contributed by atoms with Crippen LogP contribution in [-0.2, 0) is 14.3 Å². The summed E-state index contributed by atoms with van der Waals surface area (Å²) in [5.74, 6) is -0.199. The Morgan fingerprint density at radius 1 is 1.22 bits per heavy atom. The molecule has 1 aliphatic heterocycles. The monoisotopic (exact) mass is 440 g/mol. The van der Waals surface area contributed by atoms with Gasteiger partial charge in [0.05, 0.1) is 20.2 Å². The number of aryl methyl sites for hydroxylation is 2. The van der Waals surface area contributed by atoms with Gasteiger partial charge in [0.25, 0.3) is 5.91 Å². The molecular formula is C21H33BrN2O3. The van der Waals surface area contributed by atoms with E-state index < -0.39 is 0 Å². The maximum atomic E-state index is 13.2. The highest BCUT2D eigenvalue weighted by molar-refractivity contribution is 5.95. The Morgan fingerprint density at radius 2 is 1.89 bits per heavy atom. The van der Waals surface area contributed by atoms with Crippen LogP contribution in [-0.4, -0.2) is 49.1 Å². The number of rotatable bonds is 7. The number of amides is 1. The number of piperidine rings is 1.